The zero-order valence-corrected chi connectivity index (χ0v) is 29.5. The van der Waals surface area contributed by atoms with Crippen molar-refractivity contribution >= 4 is 76.9 Å². The van der Waals surface area contributed by atoms with Crippen molar-refractivity contribution in [2.45, 2.75) is 53.9 Å². The quantitative estimate of drug-likeness (QED) is 0.154. The van der Waals surface area contributed by atoms with E-state index in [1.54, 1.807) is 32.1 Å². The monoisotopic (exact) mass is 656 g/mol. The number of esters is 2. The van der Waals surface area contributed by atoms with Crippen molar-refractivity contribution in [1.29, 1.82) is 0 Å². The van der Waals surface area contributed by atoms with Crippen LogP contribution in [-0.2, 0) is 25.5 Å². The van der Waals surface area contributed by atoms with Crippen LogP contribution in [0.25, 0.3) is 35.2 Å². The molecule has 5 heterocycles. The largest absolute Gasteiger partial charge is 2.00 e. The second-order valence-electron chi connectivity index (χ2n) is 12.0. The minimum absolute atomic E-state index is 0. The summed E-state index contributed by atoms with van der Waals surface area (Å²) >= 11 is 0. The molecule has 0 unspecified atom stereocenters. The molecule has 0 N–H and O–H groups in total. The summed E-state index contributed by atoms with van der Waals surface area (Å²) in [4.78, 5) is 67.0. The number of carbonyl (C=O) groups is 4. The van der Waals surface area contributed by atoms with E-state index in [2.05, 4.69) is 6.58 Å². The van der Waals surface area contributed by atoms with Gasteiger partial charge >= 0.3 is 35.0 Å². The number of methoxy groups -OCH3 is 1. The van der Waals surface area contributed by atoms with Crippen LogP contribution >= 0.6 is 0 Å². The maximum atomic E-state index is 14.1. The summed E-state index contributed by atoms with van der Waals surface area (Å²) in [5.74, 6) is -3.22. The summed E-state index contributed by atoms with van der Waals surface area (Å²) < 4.78 is 10.4. The third-order valence-electron chi connectivity index (χ3n) is 9.59. The number of allylic oxidation sites excluding steroid dienone is 2. The van der Waals surface area contributed by atoms with E-state index in [1.807, 2.05) is 26.8 Å². The Bertz CT molecular complexity index is 2060. The number of ether oxygens (including phenoxy) is 2. The van der Waals surface area contributed by atoms with E-state index >= 15 is 0 Å². The maximum Gasteiger partial charge on any atom is 2.00 e. The summed E-state index contributed by atoms with van der Waals surface area (Å²) in [6, 6.07) is 0. The van der Waals surface area contributed by atoms with E-state index < -0.39 is 17.7 Å². The van der Waals surface area contributed by atoms with E-state index in [4.69, 9.17) is 29.7 Å². The summed E-state index contributed by atoms with van der Waals surface area (Å²) in [5.41, 5.74) is 7.61. The first-order valence-corrected chi connectivity index (χ1v) is 15.8. The van der Waals surface area contributed by atoms with E-state index in [0.717, 1.165) is 23.0 Å². The van der Waals surface area contributed by atoms with Crippen molar-refractivity contribution in [3.05, 3.63) is 90.1 Å². The van der Waals surface area contributed by atoms with Gasteiger partial charge in [0.2, 0.25) is 0 Å². The third kappa shape index (κ3) is 5.52. The molecule has 3 aliphatic rings. The summed E-state index contributed by atoms with van der Waals surface area (Å²) in [5, 5.41) is 6.14. The van der Waals surface area contributed by atoms with Crippen LogP contribution in [0.3, 0.4) is 0 Å². The summed E-state index contributed by atoms with van der Waals surface area (Å²) in [6.07, 6.45) is 9.08. The number of rotatable bonds is 8. The molecule has 0 amide bonds. The predicted octanol–water partition coefficient (Wildman–Crippen LogP) is 3.50. The van der Waals surface area contributed by atoms with Gasteiger partial charge in [-0.2, -0.15) is 11.4 Å². The topological polar surface area (TPSA) is 143 Å². The van der Waals surface area contributed by atoms with Crippen molar-refractivity contribution in [1.82, 2.24) is 15.0 Å². The molecule has 3 atom stereocenters. The molecule has 3 aromatic heterocycles. The van der Waals surface area contributed by atoms with Crippen LogP contribution in [-0.4, -0.2) is 60.8 Å². The first kappa shape index (κ1) is 35.0. The van der Waals surface area contributed by atoms with Crippen LogP contribution in [0.4, 0.5) is 0 Å². The SMILES string of the molecule is C=Cc1c2[n-]c(c1C)/C=C1/[N-]/C(=C3\c4[n-]c(c(C)c4C(=O)[C@@H]3C(=O)OC)/C=c3\[n-]/c(c(C=O)c3CC)=C\2)[C@@H](CCC(=O)OCC)[C@@H]1C.[Mg+2]. The zero-order valence-electron chi connectivity index (χ0n) is 28.1. The van der Waals surface area contributed by atoms with Crippen LogP contribution in [0.15, 0.2) is 18.0 Å². The fraction of sp³-hybridized carbons (Fsp3) is 0.351. The van der Waals surface area contributed by atoms with E-state index in [1.165, 1.54) is 7.11 Å². The van der Waals surface area contributed by atoms with Crippen LogP contribution in [0.2, 0.25) is 0 Å². The number of ketones is 1. The summed E-state index contributed by atoms with van der Waals surface area (Å²) in [6.45, 7) is 13.7. The molecule has 0 aromatic carbocycles. The van der Waals surface area contributed by atoms with Gasteiger partial charge < -0.3 is 29.7 Å². The Balaban J connectivity index is 0.00000451. The van der Waals surface area contributed by atoms with Crippen LogP contribution in [0.1, 0.15) is 99.4 Å². The van der Waals surface area contributed by atoms with Gasteiger partial charge in [0.1, 0.15) is 12.2 Å². The van der Waals surface area contributed by atoms with Crippen molar-refractivity contribution in [3.8, 4) is 0 Å². The third-order valence-corrected chi connectivity index (χ3v) is 9.59. The molecule has 48 heavy (non-hydrogen) atoms. The molecule has 244 valence electrons. The van der Waals surface area contributed by atoms with Gasteiger partial charge in [0, 0.05) is 17.5 Å². The normalized spacial score (nSPS) is 23.1. The molecule has 10 nitrogen and oxygen atoms in total. The molecule has 1 saturated heterocycles. The number of hydrogen-bond donors (Lipinski definition) is 0. The molecule has 0 radical (unpaired) electrons. The first-order valence-electron chi connectivity index (χ1n) is 15.8. The number of Topliss-reactive ketones (excluding diaryl/α,β-unsaturated/α-hetero) is 1. The number of aromatic nitrogens is 3. The average molecular weight is 657 g/mol. The van der Waals surface area contributed by atoms with Crippen LogP contribution in [0, 0.1) is 31.6 Å². The fourth-order valence-corrected chi connectivity index (χ4v) is 7.10. The standard InChI is InChI=1S/C37H37N4O6.Mg/c1-8-20-17(4)24-13-25-18(5)22(11-12-30(43)47-10-3)34(40-25)32-33(37(45)46-7)36(44)31-19(6)26(41-35(31)32)14-28-21(9-2)23(16-42)29(39-28)15-27(20)38-24;/h8,13-16,18,22,33H,1,9-12H2,2-7H3,(H-,40,41,42,44);/q-3;+2/p-1/b25-13+,29-15-;/t18-,22-,33+;/m0./s1. The van der Waals surface area contributed by atoms with Gasteiger partial charge in [-0.15, -0.1) is 33.5 Å². The fourth-order valence-electron chi connectivity index (χ4n) is 7.10. The van der Waals surface area contributed by atoms with Crippen molar-refractivity contribution in [2.24, 2.45) is 17.8 Å². The molecule has 0 spiro atoms. The first-order chi connectivity index (χ1) is 22.6. The molecule has 11 heteroatoms. The molecule has 8 bridgehead atoms. The Morgan fingerprint density at radius 3 is 2.33 bits per heavy atom. The Labute approximate surface area is 295 Å². The minimum atomic E-state index is -1.25. The molecular weight excluding hydrogens is 621 g/mol. The maximum absolute atomic E-state index is 14.1. The van der Waals surface area contributed by atoms with Gasteiger partial charge in [0.15, 0.2) is 5.78 Å². The van der Waals surface area contributed by atoms with Crippen molar-refractivity contribution < 1.29 is 28.7 Å². The molecule has 0 saturated carbocycles. The molecule has 1 fully saturated rings. The zero-order chi connectivity index (χ0) is 33.7. The number of fused-ring (bicyclic) bond motifs is 7. The molecule has 6 rings (SSSR count). The van der Waals surface area contributed by atoms with Gasteiger partial charge in [0.05, 0.1) is 13.7 Å². The van der Waals surface area contributed by atoms with Crippen molar-refractivity contribution in [2.75, 3.05) is 13.7 Å². The van der Waals surface area contributed by atoms with Crippen molar-refractivity contribution in [3.63, 3.8) is 0 Å². The van der Waals surface area contributed by atoms with Crippen LogP contribution in [0.5, 0.6) is 0 Å². The van der Waals surface area contributed by atoms with Gasteiger partial charge in [-0.3, -0.25) is 19.2 Å². The van der Waals surface area contributed by atoms with E-state index in [0.29, 0.717) is 80.0 Å². The second-order valence-corrected chi connectivity index (χ2v) is 12.0. The van der Waals surface area contributed by atoms with Gasteiger partial charge in [-0.1, -0.05) is 67.0 Å². The Hall–Kier alpha value is -4.35. The average Bonchev–Trinajstić information content (AvgIpc) is 3.80. The molecule has 1 aliphatic carbocycles. The number of nitrogens with zero attached hydrogens (tertiary/aromatic N) is 4. The molecule has 2 aliphatic heterocycles. The van der Waals surface area contributed by atoms with Gasteiger partial charge in [0.25, 0.3) is 0 Å². The summed E-state index contributed by atoms with van der Waals surface area (Å²) in [7, 11) is 1.25. The van der Waals surface area contributed by atoms with E-state index in [9.17, 15) is 19.2 Å². The van der Waals surface area contributed by atoms with E-state index in [-0.39, 0.29) is 53.9 Å². The predicted molar refractivity (Wildman–Crippen MR) is 182 cm³/mol. The van der Waals surface area contributed by atoms with Gasteiger partial charge in [-0.05, 0) is 51.0 Å². The smallest absolute Gasteiger partial charge is 0.664 e. The number of carbonyl (C=O) groups excluding carboxylic acids is 4. The molecular formula is C37H36MgN4O6-2. The Kier molecular flexibility index (Phi) is 9.93. The minimum Gasteiger partial charge on any atom is -0.664 e. The Morgan fingerprint density at radius 2 is 1.69 bits per heavy atom. The number of hydrogen-bond acceptors (Lipinski definition) is 6. The van der Waals surface area contributed by atoms with Gasteiger partial charge in [-0.25, -0.2) is 0 Å². The van der Waals surface area contributed by atoms with Crippen LogP contribution < -0.4 is 25.7 Å². The molecule has 3 aromatic rings. The Morgan fingerprint density at radius 1 is 0.979 bits per heavy atom. The number of aldehydes is 1. The second kappa shape index (κ2) is 13.6.